The molecule has 1 aromatic carbocycles. The molecule has 1 aliphatic carbocycles. The molecule has 0 spiro atoms. The quantitative estimate of drug-likeness (QED) is 0.868. The van der Waals surface area contributed by atoms with E-state index in [4.69, 9.17) is 4.74 Å². The summed E-state index contributed by atoms with van der Waals surface area (Å²) in [7, 11) is 1.30. The molecule has 0 aromatic heterocycles. The average molecular weight is 315 g/mol. The number of esters is 1. The summed E-state index contributed by atoms with van der Waals surface area (Å²) >= 11 is 0. The van der Waals surface area contributed by atoms with Crippen molar-refractivity contribution in [3.63, 3.8) is 0 Å². The van der Waals surface area contributed by atoms with E-state index in [2.05, 4.69) is 5.32 Å². The lowest BCUT2D eigenvalue weighted by molar-refractivity contribution is -0.136. The lowest BCUT2D eigenvalue weighted by Gasteiger charge is -2.30. The fourth-order valence-corrected chi connectivity index (χ4v) is 3.33. The number of dihydropyridines is 1. The Balaban J connectivity index is 2.18. The minimum absolute atomic E-state index is 0.0297. The van der Waals surface area contributed by atoms with E-state index in [0.717, 1.165) is 11.3 Å². The second-order valence-electron chi connectivity index (χ2n) is 5.61. The highest BCUT2D eigenvalue weighted by Gasteiger charge is 2.40. The second kappa shape index (κ2) is 6.36. The van der Waals surface area contributed by atoms with Crippen LogP contribution >= 0.6 is 0 Å². The number of alkyl halides is 1. The maximum absolute atomic E-state index is 13.0. The van der Waals surface area contributed by atoms with Gasteiger partial charge < -0.3 is 10.1 Å². The minimum atomic E-state index is -0.582. The monoisotopic (exact) mass is 315 g/mol. The van der Waals surface area contributed by atoms with Crippen LogP contribution in [0, 0.1) is 0 Å². The molecule has 1 atom stereocenters. The van der Waals surface area contributed by atoms with E-state index >= 15 is 0 Å². The molecule has 0 saturated heterocycles. The van der Waals surface area contributed by atoms with Gasteiger partial charge in [0, 0.05) is 35.7 Å². The molecule has 2 aliphatic rings. The standard InChI is InChI=1S/C18H18FNO3/c1-23-18(22)17-13(9-10-19)20-12-7-8-14(21)16(12)15(17)11-5-3-2-4-6-11/h2-6,15,20H,7-10H2,1H3/t15-/m1/s1. The van der Waals surface area contributed by atoms with Gasteiger partial charge in [-0.3, -0.25) is 9.18 Å². The van der Waals surface area contributed by atoms with Crippen molar-refractivity contribution in [3.8, 4) is 0 Å². The van der Waals surface area contributed by atoms with Crippen LogP contribution in [0.4, 0.5) is 4.39 Å². The molecule has 120 valence electrons. The molecular formula is C18H18FNO3. The van der Waals surface area contributed by atoms with Crippen molar-refractivity contribution in [1.29, 1.82) is 0 Å². The van der Waals surface area contributed by atoms with Gasteiger partial charge in [-0.2, -0.15) is 0 Å². The van der Waals surface area contributed by atoms with Crippen LogP contribution < -0.4 is 5.32 Å². The number of halogens is 1. The number of hydrogen-bond acceptors (Lipinski definition) is 4. The Morgan fingerprint density at radius 3 is 2.70 bits per heavy atom. The van der Waals surface area contributed by atoms with Crippen LogP contribution in [0.2, 0.25) is 0 Å². The maximum atomic E-state index is 13.0. The summed E-state index contributed by atoms with van der Waals surface area (Å²) in [5, 5.41) is 3.11. The first kappa shape index (κ1) is 15.5. The lowest BCUT2D eigenvalue weighted by atomic mass is 9.80. The molecule has 0 radical (unpaired) electrons. The van der Waals surface area contributed by atoms with E-state index < -0.39 is 18.6 Å². The van der Waals surface area contributed by atoms with Gasteiger partial charge in [0.25, 0.3) is 0 Å². The molecule has 3 rings (SSSR count). The Bertz CT molecular complexity index is 706. The third-order valence-electron chi connectivity index (χ3n) is 4.31. The molecule has 0 bridgehead atoms. The molecule has 0 unspecified atom stereocenters. The predicted octanol–water partition coefficient (Wildman–Crippen LogP) is 2.78. The SMILES string of the molecule is COC(=O)C1=C(CCF)NC2=C(C(=O)CC2)[C@H]1c1ccccc1. The third kappa shape index (κ3) is 2.67. The summed E-state index contributed by atoms with van der Waals surface area (Å²) in [6.45, 7) is -0.582. The van der Waals surface area contributed by atoms with Crippen molar-refractivity contribution < 1.29 is 18.7 Å². The highest BCUT2D eigenvalue weighted by Crippen LogP contribution is 2.43. The zero-order valence-corrected chi connectivity index (χ0v) is 12.9. The molecule has 0 fully saturated rings. The van der Waals surface area contributed by atoms with E-state index in [0.29, 0.717) is 29.7 Å². The third-order valence-corrected chi connectivity index (χ3v) is 4.31. The highest BCUT2D eigenvalue weighted by atomic mass is 19.1. The summed E-state index contributed by atoms with van der Waals surface area (Å²) in [5.74, 6) is -0.987. The second-order valence-corrected chi connectivity index (χ2v) is 5.61. The average Bonchev–Trinajstić information content (AvgIpc) is 2.95. The fourth-order valence-electron chi connectivity index (χ4n) is 3.33. The molecule has 0 saturated carbocycles. The number of nitrogens with one attached hydrogen (secondary N) is 1. The molecular weight excluding hydrogens is 297 g/mol. The zero-order chi connectivity index (χ0) is 16.4. The van der Waals surface area contributed by atoms with Crippen molar-refractivity contribution >= 4 is 11.8 Å². The van der Waals surface area contributed by atoms with Crippen LogP contribution in [0.3, 0.4) is 0 Å². The van der Waals surface area contributed by atoms with Crippen LogP contribution in [0.25, 0.3) is 0 Å². The lowest BCUT2D eigenvalue weighted by Crippen LogP contribution is -2.30. The largest absolute Gasteiger partial charge is 0.466 e. The molecule has 5 heteroatoms. The number of methoxy groups -OCH3 is 1. The van der Waals surface area contributed by atoms with E-state index in [9.17, 15) is 14.0 Å². The molecule has 23 heavy (non-hydrogen) atoms. The predicted molar refractivity (Wildman–Crippen MR) is 83.2 cm³/mol. The smallest absolute Gasteiger partial charge is 0.336 e. The number of rotatable bonds is 4. The van der Waals surface area contributed by atoms with Gasteiger partial charge in [-0.05, 0) is 12.0 Å². The van der Waals surface area contributed by atoms with Gasteiger partial charge in [-0.25, -0.2) is 4.79 Å². The summed E-state index contributed by atoms with van der Waals surface area (Å²) in [6, 6.07) is 9.35. The van der Waals surface area contributed by atoms with Gasteiger partial charge in [-0.15, -0.1) is 0 Å². The van der Waals surface area contributed by atoms with Crippen molar-refractivity contribution in [1.82, 2.24) is 5.32 Å². The Labute approximate surface area is 134 Å². The summed E-state index contributed by atoms with van der Waals surface area (Å²) in [4.78, 5) is 24.7. The van der Waals surface area contributed by atoms with Crippen LogP contribution in [-0.4, -0.2) is 25.5 Å². The Morgan fingerprint density at radius 2 is 2.04 bits per heavy atom. The number of benzene rings is 1. The number of carbonyl (C=O) groups is 2. The molecule has 1 aromatic rings. The zero-order valence-electron chi connectivity index (χ0n) is 12.9. The molecule has 0 amide bonds. The van der Waals surface area contributed by atoms with Crippen molar-refractivity contribution in [3.05, 3.63) is 58.4 Å². The van der Waals surface area contributed by atoms with Gasteiger partial charge in [0.05, 0.1) is 19.4 Å². The van der Waals surface area contributed by atoms with Gasteiger partial charge in [0.2, 0.25) is 0 Å². The highest BCUT2D eigenvalue weighted by molar-refractivity contribution is 6.05. The fraction of sp³-hybridized carbons (Fsp3) is 0.333. The first-order chi connectivity index (χ1) is 11.2. The minimum Gasteiger partial charge on any atom is -0.466 e. The molecule has 1 heterocycles. The topological polar surface area (TPSA) is 55.4 Å². The Morgan fingerprint density at radius 1 is 1.30 bits per heavy atom. The van der Waals surface area contributed by atoms with Crippen LogP contribution in [0.15, 0.2) is 52.9 Å². The van der Waals surface area contributed by atoms with Crippen LogP contribution in [-0.2, 0) is 14.3 Å². The first-order valence-corrected chi connectivity index (χ1v) is 7.63. The summed E-state index contributed by atoms with van der Waals surface area (Å²) < 4.78 is 17.9. The van der Waals surface area contributed by atoms with Crippen molar-refractivity contribution in [2.75, 3.05) is 13.8 Å². The van der Waals surface area contributed by atoms with Crippen LogP contribution in [0.5, 0.6) is 0 Å². The number of ether oxygens (including phenoxy) is 1. The number of carbonyl (C=O) groups excluding carboxylic acids is 2. The summed E-state index contributed by atoms with van der Waals surface area (Å²) in [5.41, 5.74) is 3.11. The van der Waals surface area contributed by atoms with E-state index in [-0.39, 0.29) is 12.2 Å². The van der Waals surface area contributed by atoms with E-state index in [1.807, 2.05) is 30.3 Å². The van der Waals surface area contributed by atoms with Gasteiger partial charge in [0.15, 0.2) is 5.78 Å². The van der Waals surface area contributed by atoms with E-state index in [1.54, 1.807) is 0 Å². The first-order valence-electron chi connectivity index (χ1n) is 7.63. The number of allylic oxidation sites excluding steroid dienone is 3. The number of hydrogen-bond donors (Lipinski definition) is 1. The molecule has 1 aliphatic heterocycles. The normalized spacial score (nSPS) is 20.4. The van der Waals surface area contributed by atoms with E-state index in [1.165, 1.54) is 7.11 Å². The Kier molecular flexibility index (Phi) is 4.28. The van der Waals surface area contributed by atoms with Crippen molar-refractivity contribution in [2.24, 2.45) is 0 Å². The number of Topliss-reactive ketones (excluding diaryl/α,β-unsaturated/α-hetero) is 1. The number of ketones is 1. The van der Waals surface area contributed by atoms with Gasteiger partial charge in [-0.1, -0.05) is 30.3 Å². The van der Waals surface area contributed by atoms with Crippen LogP contribution in [0.1, 0.15) is 30.7 Å². The molecule has 4 nitrogen and oxygen atoms in total. The Hall–Kier alpha value is -2.43. The summed E-state index contributed by atoms with van der Waals surface area (Å²) in [6.07, 6.45) is 1.11. The van der Waals surface area contributed by atoms with Crippen molar-refractivity contribution in [2.45, 2.75) is 25.2 Å². The maximum Gasteiger partial charge on any atom is 0.336 e. The van der Waals surface area contributed by atoms with Gasteiger partial charge in [0.1, 0.15) is 0 Å². The molecule has 1 N–H and O–H groups in total. The van der Waals surface area contributed by atoms with Gasteiger partial charge >= 0.3 is 5.97 Å².